The molecule has 2 rings (SSSR count). The summed E-state index contributed by atoms with van der Waals surface area (Å²) >= 11 is 6.75. The molecule has 0 radical (unpaired) electrons. The fourth-order valence-corrected chi connectivity index (χ4v) is 4.03. The second-order valence-electron chi connectivity index (χ2n) is 6.24. The summed E-state index contributed by atoms with van der Waals surface area (Å²) in [6.45, 7) is 3.18. The van der Waals surface area contributed by atoms with E-state index >= 15 is 0 Å². The molecule has 0 aliphatic carbocycles. The van der Waals surface area contributed by atoms with Crippen molar-refractivity contribution in [3.63, 3.8) is 0 Å². The van der Waals surface area contributed by atoms with Gasteiger partial charge in [0.15, 0.2) is 0 Å². The highest BCUT2D eigenvalue weighted by molar-refractivity contribution is 8.26. The van der Waals surface area contributed by atoms with E-state index in [-0.39, 0.29) is 19.1 Å². The molecule has 1 aliphatic heterocycles. The average molecular weight is 394 g/mol. The molecule has 1 fully saturated rings. The molecule has 1 aromatic carbocycles. The number of thiocarbonyl (C=S) groups is 1. The average Bonchev–Trinajstić information content (AvgIpc) is 2.91. The molecule has 0 aromatic heterocycles. The zero-order valence-corrected chi connectivity index (χ0v) is 16.9. The summed E-state index contributed by atoms with van der Waals surface area (Å²) in [5.41, 5.74) is 0.932. The van der Waals surface area contributed by atoms with Gasteiger partial charge in [-0.15, -0.1) is 0 Å². The molecule has 0 spiro atoms. The first-order valence-electron chi connectivity index (χ1n) is 9.24. The van der Waals surface area contributed by atoms with Crippen molar-refractivity contribution in [2.45, 2.75) is 45.4 Å². The summed E-state index contributed by atoms with van der Waals surface area (Å²) in [5, 5.41) is 8.77. The van der Waals surface area contributed by atoms with Gasteiger partial charge in [-0.2, -0.15) is 0 Å². The predicted octanol–water partition coefficient (Wildman–Crippen LogP) is 4.62. The first-order chi connectivity index (χ1) is 12.7. The maximum Gasteiger partial charge on any atom is 0.266 e. The Morgan fingerprint density at radius 2 is 1.85 bits per heavy atom. The van der Waals surface area contributed by atoms with E-state index in [0.717, 1.165) is 18.4 Å². The lowest BCUT2D eigenvalue weighted by atomic mass is 10.1. The molecule has 1 aliphatic rings. The number of nitrogens with zero attached hydrogens (tertiary/aromatic N) is 1. The van der Waals surface area contributed by atoms with Gasteiger partial charge < -0.3 is 9.84 Å². The van der Waals surface area contributed by atoms with E-state index in [2.05, 4.69) is 6.92 Å². The van der Waals surface area contributed by atoms with Crippen molar-refractivity contribution in [1.82, 2.24) is 4.90 Å². The Kier molecular flexibility index (Phi) is 9.15. The third-order valence-corrected chi connectivity index (χ3v) is 5.52. The lowest BCUT2D eigenvalue weighted by Gasteiger charge is -2.14. The standard InChI is InChI=1S/C20H27NO3S2/c1-2-3-4-5-6-7-12-21-19(23)18(26-20(21)25)15-16-8-10-17(11-9-16)24-14-13-22/h8-11,15,22H,2-7,12-14H2,1H3/b18-15-. The second kappa shape index (κ2) is 11.4. The third-order valence-electron chi connectivity index (χ3n) is 4.15. The maximum absolute atomic E-state index is 12.6. The Morgan fingerprint density at radius 1 is 1.15 bits per heavy atom. The number of thioether (sulfide) groups is 1. The molecule has 0 saturated carbocycles. The molecule has 0 atom stereocenters. The molecule has 1 saturated heterocycles. The van der Waals surface area contributed by atoms with E-state index in [4.69, 9.17) is 22.1 Å². The molecular weight excluding hydrogens is 366 g/mol. The number of amides is 1. The van der Waals surface area contributed by atoms with Crippen molar-refractivity contribution in [3.05, 3.63) is 34.7 Å². The zero-order chi connectivity index (χ0) is 18.8. The SMILES string of the molecule is CCCCCCCCN1C(=O)/C(=C/c2ccc(OCCO)cc2)SC1=S. The van der Waals surface area contributed by atoms with Crippen LogP contribution in [-0.2, 0) is 4.79 Å². The van der Waals surface area contributed by atoms with Crippen LogP contribution in [0.25, 0.3) is 6.08 Å². The van der Waals surface area contributed by atoms with E-state index in [9.17, 15) is 4.79 Å². The molecule has 1 N–H and O–H groups in total. The number of hydrogen-bond donors (Lipinski definition) is 1. The Bertz CT molecular complexity index is 628. The number of rotatable bonds is 11. The summed E-state index contributed by atoms with van der Waals surface area (Å²) in [4.78, 5) is 15.0. The van der Waals surface area contributed by atoms with Gasteiger partial charge in [0.05, 0.1) is 11.5 Å². The summed E-state index contributed by atoms with van der Waals surface area (Å²) in [6, 6.07) is 7.46. The van der Waals surface area contributed by atoms with E-state index < -0.39 is 0 Å². The lowest BCUT2D eigenvalue weighted by molar-refractivity contribution is -0.122. The highest BCUT2D eigenvalue weighted by Gasteiger charge is 2.31. The molecule has 1 amide bonds. The van der Waals surface area contributed by atoms with Crippen LogP contribution >= 0.6 is 24.0 Å². The van der Waals surface area contributed by atoms with Gasteiger partial charge in [-0.25, -0.2) is 0 Å². The second-order valence-corrected chi connectivity index (χ2v) is 7.92. The number of aliphatic hydroxyl groups excluding tert-OH is 1. The van der Waals surface area contributed by atoms with Crippen molar-refractivity contribution in [3.8, 4) is 5.75 Å². The van der Waals surface area contributed by atoms with Gasteiger partial charge in [0.25, 0.3) is 5.91 Å². The Labute approximate surface area is 165 Å². The van der Waals surface area contributed by atoms with Crippen molar-refractivity contribution >= 4 is 40.3 Å². The van der Waals surface area contributed by atoms with Crippen molar-refractivity contribution in [1.29, 1.82) is 0 Å². The molecular formula is C20H27NO3S2. The predicted molar refractivity (Wildman–Crippen MR) is 112 cm³/mol. The molecule has 26 heavy (non-hydrogen) atoms. The smallest absolute Gasteiger partial charge is 0.266 e. The van der Waals surface area contributed by atoms with Crippen molar-refractivity contribution < 1.29 is 14.6 Å². The van der Waals surface area contributed by atoms with Gasteiger partial charge in [0.1, 0.15) is 16.7 Å². The van der Waals surface area contributed by atoms with E-state index in [1.54, 1.807) is 4.90 Å². The van der Waals surface area contributed by atoms with Crippen LogP contribution in [0.2, 0.25) is 0 Å². The topological polar surface area (TPSA) is 49.8 Å². The van der Waals surface area contributed by atoms with Crippen molar-refractivity contribution in [2.75, 3.05) is 19.8 Å². The number of hydrogen-bond acceptors (Lipinski definition) is 5. The Balaban J connectivity index is 1.87. The highest BCUT2D eigenvalue weighted by atomic mass is 32.2. The third kappa shape index (κ3) is 6.41. The molecule has 0 unspecified atom stereocenters. The fraction of sp³-hybridized carbons (Fsp3) is 0.500. The van der Waals surface area contributed by atoms with Crippen LogP contribution in [0.1, 0.15) is 51.0 Å². The van der Waals surface area contributed by atoms with Crippen LogP contribution in [0, 0.1) is 0 Å². The first-order valence-corrected chi connectivity index (χ1v) is 10.5. The number of unbranched alkanes of at least 4 members (excludes halogenated alkanes) is 5. The van der Waals surface area contributed by atoms with Crippen LogP contribution in [0.3, 0.4) is 0 Å². The number of benzene rings is 1. The number of carbonyl (C=O) groups is 1. The summed E-state index contributed by atoms with van der Waals surface area (Å²) in [6.07, 6.45) is 9.04. The summed E-state index contributed by atoms with van der Waals surface area (Å²) in [7, 11) is 0. The van der Waals surface area contributed by atoms with E-state index in [0.29, 0.717) is 21.5 Å². The fourth-order valence-electron chi connectivity index (χ4n) is 2.72. The number of aliphatic hydroxyl groups is 1. The number of carbonyl (C=O) groups excluding carboxylic acids is 1. The normalized spacial score (nSPS) is 15.9. The zero-order valence-electron chi connectivity index (χ0n) is 15.3. The monoisotopic (exact) mass is 393 g/mol. The van der Waals surface area contributed by atoms with Crippen molar-refractivity contribution in [2.24, 2.45) is 0 Å². The molecule has 6 heteroatoms. The van der Waals surface area contributed by atoms with Gasteiger partial charge in [-0.05, 0) is 30.2 Å². The molecule has 0 bridgehead atoms. The minimum Gasteiger partial charge on any atom is -0.491 e. The van der Waals surface area contributed by atoms with Crippen LogP contribution in [0.15, 0.2) is 29.2 Å². The highest BCUT2D eigenvalue weighted by Crippen LogP contribution is 2.33. The molecule has 1 heterocycles. The largest absolute Gasteiger partial charge is 0.491 e. The lowest BCUT2D eigenvalue weighted by Crippen LogP contribution is -2.29. The Morgan fingerprint density at radius 3 is 2.54 bits per heavy atom. The minimum atomic E-state index is -0.0111. The van der Waals surface area contributed by atoms with Crippen LogP contribution < -0.4 is 4.74 Å². The van der Waals surface area contributed by atoms with Crippen LogP contribution in [0.4, 0.5) is 0 Å². The van der Waals surface area contributed by atoms with E-state index in [1.165, 1.54) is 37.4 Å². The summed E-state index contributed by atoms with van der Waals surface area (Å²) in [5.74, 6) is 0.709. The molecule has 4 nitrogen and oxygen atoms in total. The quantitative estimate of drug-likeness (QED) is 0.338. The Hall–Kier alpha value is -1.37. The minimum absolute atomic E-state index is 0.00849. The van der Waals surface area contributed by atoms with Gasteiger partial charge in [0, 0.05) is 6.54 Å². The van der Waals surface area contributed by atoms with E-state index in [1.807, 2.05) is 30.3 Å². The van der Waals surface area contributed by atoms with Crippen LogP contribution in [0.5, 0.6) is 5.75 Å². The van der Waals surface area contributed by atoms with Gasteiger partial charge >= 0.3 is 0 Å². The van der Waals surface area contributed by atoms with Gasteiger partial charge in [-0.3, -0.25) is 9.69 Å². The molecule has 142 valence electrons. The number of ether oxygens (including phenoxy) is 1. The molecule has 1 aromatic rings. The summed E-state index contributed by atoms with van der Waals surface area (Å²) < 4.78 is 5.99. The van der Waals surface area contributed by atoms with Gasteiger partial charge in [0.2, 0.25) is 0 Å². The first kappa shape index (κ1) is 20.9. The van der Waals surface area contributed by atoms with Gasteiger partial charge in [-0.1, -0.05) is 75.1 Å². The van der Waals surface area contributed by atoms with Crippen LogP contribution in [-0.4, -0.2) is 40.0 Å². The maximum atomic E-state index is 12.6.